The minimum atomic E-state index is -3.93. The molecular weight excluding hydrogens is 328 g/mol. The maximum atomic E-state index is 12.5. The Morgan fingerprint density at radius 3 is 2.58 bits per heavy atom. The molecule has 0 unspecified atom stereocenters. The maximum absolute atomic E-state index is 12.5. The molecule has 0 bridgehead atoms. The molecule has 0 fully saturated rings. The highest BCUT2D eigenvalue weighted by molar-refractivity contribution is 7.87. The molecule has 1 aromatic heterocycles. The largest absolute Gasteiger partial charge is 0.423 e. The topological polar surface area (TPSA) is 73.6 Å². The normalized spacial score (nSPS) is 13.8. The van der Waals surface area contributed by atoms with Gasteiger partial charge in [0.15, 0.2) is 0 Å². The smallest absolute Gasteiger partial charge is 0.339 e. The second-order valence-electron chi connectivity index (χ2n) is 5.78. The van der Waals surface area contributed by atoms with E-state index in [1.165, 1.54) is 23.8 Å². The quantitative estimate of drug-likeness (QED) is 0.540. The van der Waals surface area contributed by atoms with Crippen LogP contribution in [0.3, 0.4) is 0 Å². The zero-order chi connectivity index (χ0) is 16.7. The molecule has 0 aliphatic heterocycles. The monoisotopic (exact) mass is 342 g/mol. The molecule has 0 spiro atoms. The lowest BCUT2D eigenvalue weighted by atomic mass is 10.1. The van der Waals surface area contributed by atoms with Crippen molar-refractivity contribution in [2.45, 2.75) is 24.2 Å². The zero-order valence-corrected chi connectivity index (χ0v) is 13.5. The number of hydrogen-bond acceptors (Lipinski definition) is 5. The van der Waals surface area contributed by atoms with Crippen molar-refractivity contribution in [3.05, 3.63) is 70.1 Å². The zero-order valence-electron chi connectivity index (χ0n) is 12.7. The molecular formula is C18H14O5S. The lowest BCUT2D eigenvalue weighted by Gasteiger charge is -2.09. The van der Waals surface area contributed by atoms with E-state index in [1.54, 1.807) is 24.3 Å². The Labute approximate surface area is 138 Å². The first-order valence-electron chi connectivity index (χ1n) is 7.61. The van der Waals surface area contributed by atoms with Gasteiger partial charge in [0.05, 0.1) is 0 Å². The van der Waals surface area contributed by atoms with Crippen LogP contribution in [0.4, 0.5) is 0 Å². The summed E-state index contributed by atoms with van der Waals surface area (Å²) in [7, 11) is -3.93. The number of benzene rings is 2. The van der Waals surface area contributed by atoms with Gasteiger partial charge in [-0.15, -0.1) is 0 Å². The minimum absolute atomic E-state index is 0.109. The van der Waals surface area contributed by atoms with E-state index in [-0.39, 0.29) is 16.2 Å². The van der Waals surface area contributed by atoms with E-state index in [1.807, 2.05) is 6.07 Å². The Bertz CT molecular complexity index is 1100. The van der Waals surface area contributed by atoms with Gasteiger partial charge in [0.1, 0.15) is 16.2 Å². The summed E-state index contributed by atoms with van der Waals surface area (Å²) in [6.07, 6.45) is 2.92. The van der Waals surface area contributed by atoms with Crippen LogP contribution >= 0.6 is 0 Å². The minimum Gasteiger partial charge on any atom is -0.423 e. The number of hydrogen-bond donors (Lipinski definition) is 0. The first kappa shape index (κ1) is 15.0. The summed E-state index contributed by atoms with van der Waals surface area (Å²) in [5, 5.41) is 0.692. The van der Waals surface area contributed by atoms with Crippen molar-refractivity contribution in [2.75, 3.05) is 0 Å². The molecule has 0 radical (unpaired) electrons. The number of fused-ring (bicyclic) bond motifs is 2. The lowest BCUT2D eigenvalue weighted by molar-refractivity contribution is 0.485. The van der Waals surface area contributed by atoms with E-state index in [0.717, 1.165) is 24.8 Å². The molecule has 5 nitrogen and oxygen atoms in total. The third kappa shape index (κ3) is 2.69. The fraction of sp³-hybridized carbons (Fsp3) is 0.167. The molecule has 0 saturated carbocycles. The van der Waals surface area contributed by atoms with Gasteiger partial charge in [-0.25, -0.2) is 4.79 Å². The molecule has 24 heavy (non-hydrogen) atoms. The summed E-state index contributed by atoms with van der Waals surface area (Å²) in [5.41, 5.74) is 2.04. The summed E-state index contributed by atoms with van der Waals surface area (Å²) in [6, 6.07) is 12.6. The Morgan fingerprint density at radius 1 is 0.917 bits per heavy atom. The van der Waals surface area contributed by atoms with Crippen LogP contribution in [0, 0.1) is 0 Å². The van der Waals surface area contributed by atoms with Crippen LogP contribution in [-0.4, -0.2) is 8.42 Å². The second kappa shape index (κ2) is 5.49. The SMILES string of the molecule is O=c1ccc2ccc(OS(=O)(=O)c3ccc4c(c3)CCC4)cc2o1. The second-order valence-corrected chi connectivity index (χ2v) is 7.32. The Balaban J connectivity index is 1.69. The standard InChI is InChI=1S/C18H14O5S/c19-18-9-6-13-4-7-15(11-17(13)22-18)23-24(20,21)16-8-5-12-2-1-3-14(12)10-16/h4-11H,1-3H2. The van der Waals surface area contributed by atoms with Crippen LogP contribution in [0.5, 0.6) is 5.75 Å². The van der Waals surface area contributed by atoms with Gasteiger partial charge < -0.3 is 8.60 Å². The highest BCUT2D eigenvalue weighted by atomic mass is 32.2. The van der Waals surface area contributed by atoms with Crippen molar-refractivity contribution < 1.29 is 17.0 Å². The average molecular weight is 342 g/mol. The fourth-order valence-corrected chi connectivity index (χ4v) is 3.95. The third-order valence-corrected chi connectivity index (χ3v) is 5.40. The van der Waals surface area contributed by atoms with E-state index < -0.39 is 15.7 Å². The summed E-state index contributed by atoms with van der Waals surface area (Å²) < 4.78 is 35.2. The lowest BCUT2D eigenvalue weighted by Crippen LogP contribution is -2.10. The molecule has 0 N–H and O–H groups in total. The average Bonchev–Trinajstić information content (AvgIpc) is 3.01. The van der Waals surface area contributed by atoms with Crippen molar-refractivity contribution in [2.24, 2.45) is 0 Å². The predicted molar refractivity (Wildman–Crippen MR) is 88.8 cm³/mol. The molecule has 0 saturated heterocycles. The van der Waals surface area contributed by atoms with Gasteiger partial charge in [-0.1, -0.05) is 6.07 Å². The van der Waals surface area contributed by atoms with E-state index in [4.69, 9.17) is 8.60 Å². The molecule has 2 aromatic carbocycles. The van der Waals surface area contributed by atoms with Gasteiger partial charge in [-0.3, -0.25) is 0 Å². The van der Waals surface area contributed by atoms with Crippen molar-refractivity contribution in [1.82, 2.24) is 0 Å². The predicted octanol–water partition coefficient (Wildman–Crippen LogP) is 3.05. The fourth-order valence-electron chi connectivity index (χ4n) is 2.97. The molecule has 122 valence electrons. The van der Waals surface area contributed by atoms with E-state index in [9.17, 15) is 13.2 Å². The van der Waals surface area contributed by atoms with Crippen molar-refractivity contribution >= 4 is 21.1 Å². The number of rotatable bonds is 3. The van der Waals surface area contributed by atoms with Gasteiger partial charge in [-0.2, -0.15) is 8.42 Å². The van der Waals surface area contributed by atoms with E-state index >= 15 is 0 Å². The molecule has 3 aromatic rings. The maximum Gasteiger partial charge on any atom is 0.339 e. The molecule has 4 rings (SSSR count). The summed E-state index contributed by atoms with van der Waals surface area (Å²) in [5.74, 6) is 0.109. The van der Waals surface area contributed by atoms with Gasteiger partial charge in [0.2, 0.25) is 0 Å². The highest BCUT2D eigenvalue weighted by Gasteiger charge is 2.20. The first-order chi connectivity index (χ1) is 11.5. The molecule has 6 heteroatoms. The Morgan fingerprint density at radius 2 is 1.71 bits per heavy atom. The van der Waals surface area contributed by atoms with Crippen molar-refractivity contribution in [3.63, 3.8) is 0 Å². The van der Waals surface area contributed by atoms with Crippen LogP contribution in [-0.2, 0) is 23.0 Å². The van der Waals surface area contributed by atoms with E-state index in [0.29, 0.717) is 5.39 Å². The Hall–Kier alpha value is -2.60. The molecule has 1 aliphatic carbocycles. The summed E-state index contributed by atoms with van der Waals surface area (Å²) >= 11 is 0. The van der Waals surface area contributed by atoms with Gasteiger partial charge in [0, 0.05) is 17.5 Å². The van der Waals surface area contributed by atoms with Gasteiger partial charge >= 0.3 is 15.7 Å². The molecule has 0 atom stereocenters. The Kier molecular flexibility index (Phi) is 3.42. The van der Waals surface area contributed by atoms with Crippen LogP contribution in [0.1, 0.15) is 17.5 Å². The summed E-state index contributed by atoms with van der Waals surface area (Å²) in [6.45, 7) is 0. The van der Waals surface area contributed by atoms with Gasteiger partial charge in [0.25, 0.3) is 0 Å². The van der Waals surface area contributed by atoms with Crippen LogP contribution in [0.25, 0.3) is 11.0 Å². The molecule has 1 aliphatic rings. The molecule has 1 heterocycles. The third-order valence-electron chi connectivity index (χ3n) is 4.16. The van der Waals surface area contributed by atoms with Crippen LogP contribution < -0.4 is 9.81 Å². The molecule has 0 amide bonds. The van der Waals surface area contributed by atoms with Gasteiger partial charge in [-0.05, 0) is 60.7 Å². The van der Waals surface area contributed by atoms with Crippen molar-refractivity contribution in [3.8, 4) is 5.75 Å². The van der Waals surface area contributed by atoms with Crippen LogP contribution in [0.2, 0.25) is 0 Å². The highest BCUT2D eigenvalue weighted by Crippen LogP contribution is 2.27. The van der Waals surface area contributed by atoms with Crippen LogP contribution in [0.15, 0.2) is 62.6 Å². The summed E-state index contributed by atoms with van der Waals surface area (Å²) in [4.78, 5) is 11.4. The number of aryl methyl sites for hydroxylation is 2. The first-order valence-corrected chi connectivity index (χ1v) is 9.02. The van der Waals surface area contributed by atoms with Crippen molar-refractivity contribution in [1.29, 1.82) is 0 Å². The van der Waals surface area contributed by atoms with E-state index in [2.05, 4.69) is 0 Å².